The second-order valence-electron chi connectivity index (χ2n) is 3.42. The number of unbranched alkanes of at least 4 members (excludes halogenated alkanes) is 6. The standard InChI is InChI=1S/C12H22O/c1-2-3-4-5-6-7-8-9-10-11-12-13/h5-6,12H,2-4,7-11H2,1H3. The van der Waals surface area contributed by atoms with Crippen molar-refractivity contribution in [2.45, 2.75) is 58.3 Å². The molecule has 0 unspecified atom stereocenters. The van der Waals surface area contributed by atoms with Crippen LogP contribution in [0.1, 0.15) is 58.3 Å². The van der Waals surface area contributed by atoms with Crippen LogP contribution in [0.15, 0.2) is 12.2 Å². The number of hydrogen-bond donors (Lipinski definition) is 0. The molecule has 0 radical (unpaired) electrons. The summed E-state index contributed by atoms with van der Waals surface area (Å²) in [6.45, 7) is 2.22. The van der Waals surface area contributed by atoms with Crippen molar-refractivity contribution in [2.75, 3.05) is 0 Å². The van der Waals surface area contributed by atoms with Crippen molar-refractivity contribution >= 4 is 6.29 Å². The lowest BCUT2D eigenvalue weighted by Gasteiger charge is -1.93. The molecule has 76 valence electrons. The van der Waals surface area contributed by atoms with Crippen LogP contribution < -0.4 is 0 Å². The lowest BCUT2D eigenvalue weighted by molar-refractivity contribution is -0.107. The molecule has 0 aliphatic rings. The van der Waals surface area contributed by atoms with Gasteiger partial charge in [0.15, 0.2) is 0 Å². The molecule has 0 aromatic rings. The Labute approximate surface area is 82.2 Å². The quantitative estimate of drug-likeness (QED) is 0.300. The summed E-state index contributed by atoms with van der Waals surface area (Å²) in [5.41, 5.74) is 0. The van der Waals surface area contributed by atoms with Crippen molar-refractivity contribution in [1.82, 2.24) is 0 Å². The highest BCUT2D eigenvalue weighted by Crippen LogP contribution is 2.03. The molecule has 0 N–H and O–H groups in total. The highest BCUT2D eigenvalue weighted by Gasteiger charge is 1.86. The molecule has 0 aliphatic heterocycles. The van der Waals surface area contributed by atoms with Crippen molar-refractivity contribution in [3.8, 4) is 0 Å². The summed E-state index contributed by atoms with van der Waals surface area (Å²) in [4.78, 5) is 10.00. The zero-order valence-corrected chi connectivity index (χ0v) is 8.80. The first-order valence-electron chi connectivity index (χ1n) is 5.50. The molecule has 0 aromatic carbocycles. The highest BCUT2D eigenvalue weighted by atomic mass is 16.1. The van der Waals surface area contributed by atoms with Gasteiger partial charge in [-0.05, 0) is 25.7 Å². The highest BCUT2D eigenvalue weighted by molar-refractivity contribution is 5.48. The number of aldehydes is 1. The predicted molar refractivity (Wildman–Crippen MR) is 57.8 cm³/mol. The Morgan fingerprint density at radius 3 is 2.08 bits per heavy atom. The SMILES string of the molecule is CCCCC=CCCCCCC=O. The van der Waals surface area contributed by atoms with Gasteiger partial charge >= 0.3 is 0 Å². The van der Waals surface area contributed by atoms with E-state index in [4.69, 9.17) is 0 Å². The van der Waals surface area contributed by atoms with Crippen LogP contribution in [-0.2, 0) is 4.79 Å². The lowest BCUT2D eigenvalue weighted by atomic mass is 10.1. The molecule has 0 bridgehead atoms. The molecule has 0 heterocycles. The van der Waals surface area contributed by atoms with Gasteiger partial charge in [-0.25, -0.2) is 0 Å². The Bertz CT molecular complexity index is 127. The molecule has 0 spiro atoms. The molecule has 1 heteroatoms. The normalized spacial score (nSPS) is 10.8. The van der Waals surface area contributed by atoms with Crippen LogP contribution in [0.25, 0.3) is 0 Å². The Hall–Kier alpha value is -0.590. The molecule has 0 saturated carbocycles. The average molecular weight is 182 g/mol. The monoisotopic (exact) mass is 182 g/mol. The first-order valence-corrected chi connectivity index (χ1v) is 5.50. The van der Waals surface area contributed by atoms with E-state index in [0.29, 0.717) is 0 Å². The third-order valence-electron chi connectivity index (χ3n) is 2.08. The summed E-state index contributed by atoms with van der Waals surface area (Å²) in [5.74, 6) is 0. The Morgan fingerprint density at radius 2 is 1.46 bits per heavy atom. The fourth-order valence-electron chi connectivity index (χ4n) is 1.22. The lowest BCUT2D eigenvalue weighted by Crippen LogP contribution is -1.77. The Balaban J connectivity index is 2.97. The maximum atomic E-state index is 10.00. The molecule has 0 fully saturated rings. The number of rotatable bonds is 9. The molecule has 0 aromatic heterocycles. The number of carbonyl (C=O) groups excluding carboxylic acids is 1. The van der Waals surface area contributed by atoms with Gasteiger partial charge in [-0.15, -0.1) is 0 Å². The second kappa shape index (κ2) is 11.4. The van der Waals surface area contributed by atoms with E-state index in [1.165, 1.54) is 38.5 Å². The van der Waals surface area contributed by atoms with E-state index in [9.17, 15) is 4.79 Å². The maximum Gasteiger partial charge on any atom is 0.119 e. The Kier molecular flexibility index (Phi) is 10.9. The molecule has 0 rings (SSSR count). The zero-order valence-electron chi connectivity index (χ0n) is 8.80. The summed E-state index contributed by atoms with van der Waals surface area (Å²) in [7, 11) is 0. The van der Waals surface area contributed by atoms with Crippen LogP contribution >= 0.6 is 0 Å². The van der Waals surface area contributed by atoms with E-state index >= 15 is 0 Å². The van der Waals surface area contributed by atoms with E-state index < -0.39 is 0 Å². The summed E-state index contributed by atoms with van der Waals surface area (Å²) in [6.07, 6.45) is 14.8. The molecule has 13 heavy (non-hydrogen) atoms. The third-order valence-corrected chi connectivity index (χ3v) is 2.08. The van der Waals surface area contributed by atoms with Gasteiger partial charge in [0.25, 0.3) is 0 Å². The largest absolute Gasteiger partial charge is 0.303 e. The minimum Gasteiger partial charge on any atom is -0.303 e. The van der Waals surface area contributed by atoms with Crippen LogP contribution in [0.3, 0.4) is 0 Å². The Morgan fingerprint density at radius 1 is 0.846 bits per heavy atom. The van der Waals surface area contributed by atoms with Crippen molar-refractivity contribution in [1.29, 1.82) is 0 Å². The van der Waals surface area contributed by atoms with Gasteiger partial charge in [-0.3, -0.25) is 0 Å². The second-order valence-corrected chi connectivity index (χ2v) is 3.42. The van der Waals surface area contributed by atoms with Gasteiger partial charge < -0.3 is 4.79 Å². The van der Waals surface area contributed by atoms with E-state index in [2.05, 4.69) is 19.1 Å². The van der Waals surface area contributed by atoms with E-state index in [-0.39, 0.29) is 0 Å². The zero-order chi connectivity index (χ0) is 9.78. The predicted octanol–water partition coefficient (Wildman–Crippen LogP) is 3.88. The fraction of sp³-hybridized carbons (Fsp3) is 0.750. The molecular weight excluding hydrogens is 160 g/mol. The number of hydrogen-bond acceptors (Lipinski definition) is 1. The van der Waals surface area contributed by atoms with E-state index in [0.717, 1.165) is 19.1 Å². The summed E-state index contributed by atoms with van der Waals surface area (Å²) in [5, 5.41) is 0. The van der Waals surface area contributed by atoms with Crippen molar-refractivity contribution in [3.63, 3.8) is 0 Å². The minimum atomic E-state index is 0.736. The van der Waals surface area contributed by atoms with Gasteiger partial charge in [0.05, 0.1) is 0 Å². The summed E-state index contributed by atoms with van der Waals surface area (Å²) < 4.78 is 0. The first kappa shape index (κ1) is 12.4. The van der Waals surface area contributed by atoms with Gasteiger partial charge in [0, 0.05) is 6.42 Å². The molecular formula is C12H22O. The summed E-state index contributed by atoms with van der Waals surface area (Å²) >= 11 is 0. The van der Waals surface area contributed by atoms with Crippen LogP contribution in [0, 0.1) is 0 Å². The molecule has 0 atom stereocenters. The maximum absolute atomic E-state index is 10.00. The van der Waals surface area contributed by atoms with Crippen molar-refractivity contribution < 1.29 is 4.79 Å². The average Bonchev–Trinajstić information content (AvgIpc) is 2.16. The van der Waals surface area contributed by atoms with E-state index in [1.807, 2.05) is 0 Å². The molecule has 0 saturated heterocycles. The smallest absolute Gasteiger partial charge is 0.119 e. The van der Waals surface area contributed by atoms with Crippen LogP contribution in [0.5, 0.6) is 0 Å². The minimum absolute atomic E-state index is 0.736. The number of allylic oxidation sites excluding steroid dienone is 2. The first-order chi connectivity index (χ1) is 6.41. The van der Waals surface area contributed by atoms with Crippen molar-refractivity contribution in [2.24, 2.45) is 0 Å². The molecule has 0 aliphatic carbocycles. The van der Waals surface area contributed by atoms with Crippen molar-refractivity contribution in [3.05, 3.63) is 12.2 Å². The number of carbonyl (C=O) groups is 1. The topological polar surface area (TPSA) is 17.1 Å². The van der Waals surface area contributed by atoms with E-state index in [1.54, 1.807) is 0 Å². The van der Waals surface area contributed by atoms with Gasteiger partial charge in [0.2, 0.25) is 0 Å². The fourth-order valence-corrected chi connectivity index (χ4v) is 1.22. The molecule has 0 amide bonds. The van der Waals surface area contributed by atoms with Crippen LogP contribution in [-0.4, -0.2) is 6.29 Å². The van der Waals surface area contributed by atoms with Gasteiger partial charge in [-0.2, -0.15) is 0 Å². The van der Waals surface area contributed by atoms with Gasteiger partial charge in [-0.1, -0.05) is 38.3 Å². The molecule has 1 nitrogen and oxygen atoms in total. The van der Waals surface area contributed by atoms with Gasteiger partial charge in [0.1, 0.15) is 6.29 Å². The summed E-state index contributed by atoms with van der Waals surface area (Å²) in [6, 6.07) is 0. The van der Waals surface area contributed by atoms with Crippen LogP contribution in [0.4, 0.5) is 0 Å². The third kappa shape index (κ3) is 11.4. The van der Waals surface area contributed by atoms with Crippen LogP contribution in [0.2, 0.25) is 0 Å².